The fraction of sp³-hybridized carbons (Fsp3) is 0.167. The molecule has 2 N–H and O–H groups in total. The summed E-state index contributed by atoms with van der Waals surface area (Å²) in [4.78, 5) is 11.1. The van der Waals surface area contributed by atoms with Crippen LogP contribution in [-0.2, 0) is 6.61 Å². The SMILES string of the molecule is COc1ccc(-c2cc(CO)on2)cc1C(=O)O. The molecule has 0 aliphatic heterocycles. The van der Waals surface area contributed by atoms with E-state index in [1.165, 1.54) is 13.2 Å². The van der Waals surface area contributed by atoms with Gasteiger partial charge in [0.2, 0.25) is 0 Å². The van der Waals surface area contributed by atoms with Crippen LogP contribution in [0.15, 0.2) is 28.8 Å². The van der Waals surface area contributed by atoms with Gasteiger partial charge in [0.05, 0.1) is 7.11 Å². The highest BCUT2D eigenvalue weighted by Crippen LogP contribution is 2.26. The highest BCUT2D eigenvalue weighted by atomic mass is 16.5. The fourth-order valence-corrected chi connectivity index (χ4v) is 1.56. The van der Waals surface area contributed by atoms with Gasteiger partial charge in [-0.25, -0.2) is 4.79 Å². The van der Waals surface area contributed by atoms with Crippen LogP contribution in [0.5, 0.6) is 5.75 Å². The summed E-state index contributed by atoms with van der Waals surface area (Å²) < 4.78 is 9.81. The molecule has 0 amide bonds. The lowest BCUT2D eigenvalue weighted by Gasteiger charge is -2.05. The van der Waals surface area contributed by atoms with Gasteiger partial charge in [-0.3, -0.25) is 0 Å². The Hall–Kier alpha value is -2.34. The van der Waals surface area contributed by atoms with Crippen molar-refractivity contribution in [3.63, 3.8) is 0 Å². The number of hydrogen-bond acceptors (Lipinski definition) is 5. The zero-order chi connectivity index (χ0) is 13.1. The van der Waals surface area contributed by atoms with E-state index in [0.717, 1.165) is 0 Å². The first-order valence-corrected chi connectivity index (χ1v) is 5.14. The quantitative estimate of drug-likeness (QED) is 0.853. The van der Waals surface area contributed by atoms with Crippen molar-refractivity contribution < 1.29 is 24.3 Å². The van der Waals surface area contributed by atoms with Crippen LogP contribution in [0.2, 0.25) is 0 Å². The molecule has 0 saturated carbocycles. The number of ether oxygens (including phenoxy) is 1. The molecule has 0 unspecified atom stereocenters. The number of aliphatic hydroxyl groups is 1. The van der Waals surface area contributed by atoms with Crippen LogP contribution in [0.25, 0.3) is 11.3 Å². The van der Waals surface area contributed by atoms with E-state index in [1.807, 2.05) is 0 Å². The van der Waals surface area contributed by atoms with Gasteiger partial charge in [0.15, 0.2) is 5.76 Å². The number of rotatable bonds is 4. The van der Waals surface area contributed by atoms with Gasteiger partial charge in [-0.2, -0.15) is 0 Å². The molecule has 0 bridgehead atoms. The van der Waals surface area contributed by atoms with Crippen LogP contribution in [0.1, 0.15) is 16.1 Å². The van der Waals surface area contributed by atoms with Gasteiger partial charge >= 0.3 is 5.97 Å². The van der Waals surface area contributed by atoms with Crippen LogP contribution < -0.4 is 4.74 Å². The summed E-state index contributed by atoms with van der Waals surface area (Å²) in [5.74, 6) is -0.491. The zero-order valence-electron chi connectivity index (χ0n) is 9.58. The highest BCUT2D eigenvalue weighted by molar-refractivity contribution is 5.92. The molecule has 0 fully saturated rings. The first kappa shape index (κ1) is 12.1. The molecule has 0 radical (unpaired) electrons. The summed E-state index contributed by atoms with van der Waals surface area (Å²) in [5.41, 5.74) is 1.09. The standard InChI is InChI=1S/C12H11NO5/c1-17-11-3-2-7(4-9(11)12(15)16)10-5-8(6-14)18-13-10/h2-5,14H,6H2,1H3,(H,15,16). The summed E-state index contributed by atoms with van der Waals surface area (Å²) in [6, 6.07) is 6.21. The van der Waals surface area contributed by atoms with Gasteiger partial charge in [0, 0.05) is 11.6 Å². The molecule has 1 heterocycles. The van der Waals surface area contributed by atoms with Crippen molar-refractivity contribution in [2.45, 2.75) is 6.61 Å². The lowest BCUT2D eigenvalue weighted by molar-refractivity contribution is 0.0693. The first-order valence-electron chi connectivity index (χ1n) is 5.14. The highest BCUT2D eigenvalue weighted by Gasteiger charge is 2.14. The molecule has 6 heteroatoms. The second-order valence-corrected chi connectivity index (χ2v) is 3.56. The van der Waals surface area contributed by atoms with Gasteiger partial charge < -0.3 is 19.5 Å². The number of benzene rings is 1. The van der Waals surface area contributed by atoms with Gasteiger partial charge in [-0.05, 0) is 18.2 Å². The minimum atomic E-state index is -1.08. The molecular formula is C12H11NO5. The number of carboxylic acids is 1. The van der Waals surface area contributed by atoms with Crippen LogP contribution in [0.4, 0.5) is 0 Å². The van der Waals surface area contributed by atoms with E-state index in [-0.39, 0.29) is 17.9 Å². The average Bonchev–Trinajstić information content (AvgIpc) is 2.86. The van der Waals surface area contributed by atoms with Gasteiger partial charge in [-0.15, -0.1) is 0 Å². The predicted octanol–water partition coefficient (Wildman–Crippen LogP) is 1.54. The smallest absolute Gasteiger partial charge is 0.339 e. The van der Waals surface area contributed by atoms with Gasteiger partial charge in [0.25, 0.3) is 0 Å². The number of aromatic nitrogens is 1. The number of hydrogen-bond donors (Lipinski definition) is 2. The van der Waals surface area contributed by atoms with Gasteiger partial charge in [0.1, 0.15) is 23.6 Å². The number of carbonyl (C=O) groups is 1. The van der Waals surface area contributed by atoms with E-state index in [2.05, 4.69) is 5.16 Å². The summed E-state index contributed by atoms with van der Waals surface area (Å²) in [5, 5.41) is 21.7. The Morgan fingerprint density at radius 3 is 2.78 bits per heavy atom. The van der Waals surface area contributed by atoms with Crippen molar-refractivity contribution in [1.82, 2.24) is 5.16 Å². The Kier molecular flexibility index (Phi) is 3.29. The third-order valence-corrected chi connectivity index (χ3v) is 2.44. The number of nitrogens with zero attached hydrogens (tertiary/aromatic N) is 1. The van der Waals surface area contributed by atoms with E-state index < -0.39 is 5.97 Å². The van der Waals surface area contributed by atoms with E-state index in [4.69, 9.17) is 19.5 Å². The molecule has 2 rings (SSSR count). The molecule has 0 spiro atoms. The van der Waals surface area contributed by atoms with Crippen LogP contribution in [-0.4, -0.2) is 28.4 Å². The number of methoxy groups -OCH3 is 1. The predicted molar refractivity (Wildman–Crippen MR) is 61.4 cm³/mol. The van der Waals surface area contributed by atoms with E-state index >= 15 is 0 Å². The third-order valence-electron chi connectivity index (χ3n) is 2.44. The molecule has 1 aromatic carbocycles. The summed E-state index contributed by atoms with van der Waals surface area (Å²) in [6.45, 7) is -0.255. The molecule has 18 heavy (non-hydrogen) atoms. The molecule has 6 nitrogen and oxygen atoms in total. The Balaban J connectivity index is 2.46. The van der Waals surface area contributed by atoms with E-state index in [0.29, 0.717) is 17.0 Å². The molecule has 0 aliphatic rings. The molecule has 0 aliphatic carbocycles. The third kappa shape index (κ3) is 2.18. The Labute approximate surface area is 102 Å². The van der Waals surface area contributed by atoms with Crippen molar-refractivity contribution in [1.29, 1.82) is 0 Å². The topological polar surface area (TPSA) is 92.8 Å². The maximum atomic E-state index is 11.1. The second-order valence-electron chi connectivity index (χ2n) is 3.56. The average molecular weight is 249 g/mol. The number of carboxylic acid groups (broad SMARTS) is 1. The maximum Gasteiger partial charge on any atom is 0.339 e. The van der Waals surface area contributed by atoms with Crippen LogP contribution >= 0.6 is 0 Å². The molecule has 94 valence electrons. The summed E-state index contributed by atoms with van der Waals surface area (Å²) >= 11 is 0. The van der Waals surface area contributed by atoms with Crippen molar-refractivity contribution in [3.8, 4) is 17.0 Å². The second kappa shape index (κ2) is 4.89. The fourth-order valence-electron chi connectivity index (χ4n) is 1.56. The van der Waals surface area contributed by atoms with Gasteiger partial charge in [-0.1, -0.05) is 5.16 Å². The van der Waals surface area contributed by atoms with Crippen molar-refractivity contribution >= 4 is 5.97 Å². The Bertz CT molecular complexity index is 576. The summed E-state index contributed by atoms with van der Waals surface area (Å²) in [7, 11) is 1.40. The molecular weight excluding hydrogens is 238 g/mol. The largest absolute Gasteiger partial charge is 0.496 e. The van der Waals surface area contributed by atoms with E-state index in [1.54, 1.807) is 18.2 Å². The van der Waals surface area contributed by atoms with Crippen molar-refractivity contribution in [2.24, 2.45) is 0 Å². The number of aliphatic hydroxyl groups excluding tert-OH is 1. The molecule has 2 aromatic rings. The molecule has 0 atom stereocenters. The Morgan fingerprint density at radius 1 is 1.44 bits per heavy atom. The Morgan fingerprint density at radius 2 is 2.22 bits per heavy atom. The lowest BCUT2D eigenvalue weighted by atomic mass is 10.1. The van der Waals surface area contributed by atoms with Crippen LogP contribution in [0, 0.1) is 0 Å². The van der Waals surface area contributed by atoms with Crippen molar-refractivity contribution in [2.75, 3.05) is 7.11 Å². The molecule has 1 aromatic heterocycles. The first-order chi connectivity index (χ1) is 8.65. The molecule has 0 saturated heterocycles. The summed E-state index contributed by atoms with van der Waals surface area (Å²) in [6.07, 6.45) is 0. The minimum Gasteiger partial charge on any atom is -0.496 e. The van der Waals surface area contributed by atoms with Crippen molar-refractivity contribution in [3.05, 3.63) is 35.6 Å². The minimum absolute atomic E-state index is 0.0450. The van der Waals surface area contributed by atoms with E-state index in [9.17, 15) is 4.79 Å². The van der Waals surface area contributed by atoms with Crippen LogP contribution in [0.3, 0.4) is 0 Å². The number of aromatic carboxylic acids is 1. The maximum absolute atomic E-state index is 11.1. The normalized spacial score (nSPS) is 10.3. The lowest BCUT2D eigenvalue weighted by Crippen LogP contribution is -2.00. The zero-order valence-corrected chi connectivity index (χ0v) is 9.58. The monoisotopic (exact) mass is 249 g/mol.